The van der Waals surface area contributed by atoms with E-state index in [2.05, 4.69) is 5.32 Å². The number of carbonyl (C=O) groups excluding carboxylic acids is 2. The number of aryl methyl sites for hydroxylation is 1. The van der Waals surface area contributed by atoms with Gasteiger partial charge in [-0.25, -0.2) is 17.5 Å². The standard InChI is InChI=1S/C15H22N2O5S2/c1-9-10(2)23-14(12(9)15(19)22-3)16-13(18)11-6-5-7-17(8-11)24(4,20)21/h11H,5-8H2,1-4H3,(H,16,18). The molecule has 2 rings (SSSR count). The first-order valence-corrected chi connectivity index (χ1v) is 10.3. The number of nitrogens with one attached hydrogen (secondary N) is 1. The molecule has 1 atom stereocenters. The molecule has 1 unspecified atom stereocenters. The van der Waals surface area contributed by atoms with Crippen LogP contribution in [0.1, 0.15) is 33.6 Å². The van der Waals surface area contributed by atoms with Crippen LogP contribution < -0.4 is 5.32 Å². The van der Waals surface area contributed by atoms with Gasteiger partial charge in [-0.05, 0) is 32.3 Å². The highest BCUT2D eigenvalue weighted by molar-refractivity contribution is 7.88. The van der Waals surface area contributed by atoms with Gasteiger partial charge in [0.15, 0.2) is 0 Å². The molecule has 1 aromatic rings. The summed E-state index contributed by atoms with van der Waals surface area (Å²) in [5.74, 6) is -1.19. The van der Waals surface area contributed by atoms with Gasteiger partial charge in [-0.1, -0.05) is 0 Å². The second-order valence-corrected chi connectivity index (χ2v) is 9.14. The topological polar surface area (TPSA) is 92.8 Å². The summed E-state index contributed by atoms with van der Waals surface area (Å²) in [7, 11) is -2.01. The van der Waals surface area contributed by atoms with E-state index in [0.717, 1.165) is 16.7 Å². The zero-order chi connectivity index (χ0) is 18.1. The maximum Gasteiger partial charge on any atom is 0.341 e. The Morgan fingerprint density at radius 3 is 2.58 bits per heavy atom. The number of hydrogen-bond acceptors (Lipinski definition) is 6. The van der Waals surface area contributed by atoms with Crippen LogP contribution in [0.3, 0.4) is 0 Å². The summed E-state index contributed by atoms with van der Waals surface area (Å²) in [4.78, 5) is 25.4. The third-order valence-corrected chi connectivity index (χ3v) is 6.63. The van der Waals surface area contributed by atoms with Gasteiger partial charge < -0.3 is 10.1 Å². The van der Waals surface area contributed by atoms with Crippen molar-refractivity contribution in [3.63, 3.8) is 0 Å². The first-order chi connectivity index (χ1) is 11.1. The Morgan fingerprint density at radius 1 is 1.33 bits per heavy atom. The predicted molar refractivity (Wildman–Crippen MR) is 92.9 cm³/mol. The summed E-state index contributed by atoms with van der Waals surface area (Å²) in [5.41, 5.74) is 1.15. The van der Waals surface area contributed by atoms with Crippen molar-refractivity contribution in [1.82, 2.24) is 4.31 Å². The van der Waals surface area contributed by atoms with Gasteiger partial charge in [0.2, 0.25) is 15.9 Å². The molecule has 1 fully saturated rings. The molecule has 0 radical (unpaired) electrons. The zero-order valence-corrected chi connectivity index (χ0v) is 15.8. The number of esters is 1. The Balaban J connectivity index is 2.18. The molecule has 0 aliphatic carbocycles. The minimum atomic E-state index is -3.31. The Labute approximate surface area is 146 Å². The number of hydrogen-bond donors (Lipinski definition) is 1. The van der Waals surface area contributed by atoms with E-state index < -0.39 is 21.9 Å². The second kappa shape index (κ2) is 7.20. The van der Waals surface area contributed by atoms with Gasteiger partial charge in [-0.15, -0.1) is 11.3 Å². The van der Waals surface area contributed by atoms with Crippen molar-refractivity contribution in [2.45, 2.75) is 26.7 Å². The fraction of sp³-hybridized carbons (Fsp3) is 0.600. The lowest BCUT2D eigenvalue weighted by atomic mass is 9.99. The van der Waals surface area contributed by atoms with Crippen molar-refractivity contribution in [2.24, 2.45) is 5.92 Å². The lowest BCUT2D eigenvalue weighted by Gasteiger charge is -2.30. The van der Waals surface area contributed by atoms with Gasteiger partial charge in [0, 0.05) is 18.0 Å². The largest absolute Gasteiger partial charge is 0.465 e. The average molecular weight is 374 g/mol. The average Bonchev–Trinajstić information content (AvgIpc) is 2.80. The number of ether oxygens (including phenoxy) is 1. The molecular weight excluding hydrogens is 352 g/mol. The van der Waals surface area contributed by atoms with Gasteiger partial charge in [-0.2, -0.15) is 0 Å². The van der Waals surface area contributed by atoms with E-state index in [4.69, 9.17) is 4.74 Å². The molecule has 24 heavy (non-hydrogen) atoms. The van der Waals surface area contributed by atoms with Crippen LogP contribution in [0.25, 0.3) is 0 Å². The molecule has 1 N–H and O–H groups in total. The molecule has 0 spiro atoms. The van der Waals surface area contributed by atoms with Crippen LogP contribution in [0.2, 0.25) is 0 Å². The normalized spacial score (nSPS) is 19.1. The maximum atomic E-state index is 12.5. The Morgan fingerprint density at radius 2 is 2.00 bits per heavy atom. The lowest BCUT2D eigenvalue weighted by Crippen LogP contribution is -2.43. The molecule has 1 saturated heterocycles. The zero-order valence-electron chi connectivity index (χ0n) is 14.2. The predicted octanol–water partition coefficient (Wildman–Crippen LogP) is 1.76. The number of carbonyl (C=O) groups is 2. The summed E-state index contributed by atoms with van der Waals surface area (Å²) >= 11 is 1.32. The second-order valence-electron chi connectivity index (χ2n) is 5.93. The van der Waals surface area contributed by atoms with Crippen molar-refractivity contribution in [3.8, 4) is 0 Å². The summed E-state index contributed by atoms with van der Waals surface area (Å²) < 4.78 is 29.5. The quantitative estimate of drug-likeness (QED) is 0.811. The highest BCUT2D eigenvalue weighted by Crippen LogP contribution is 2.33. The van der Waals surface area contributed by atoms with Crippen molar-refractivity contribution in [3.05, 3.63) is 16.0 Å². The number of piperidine rings is 1. The number of rotatable bonds is 4. The fourth-order valence-corrected chi connectivity index (χ4v) is 4.70. The molecule has 0 bridgehead atoms. The van der Waals surface area contributed by atoms with Crippen LogP contribution in [0.15, 0.2) is 0 Å². The molecule has 134 valence electrons. The fourth-order valence-electron chi connectivity index (χ4n) is 2.73. The number of thiophene rings is 1. The summed E-state index contributed by atoms with van der Waals surface area (Å²) in [5, 5.41) is 3.24. The van der Waals surface area contributed by atoms with Crippen LogP contribution in [-0.2, 0) is 19.6 Å². The number of anilines is 1. The molecule has 0 aromatic carbocycles. The highest BCUT2D eigenvalue weighted by atomic mass is 32.2. The molecule has 7 nitrogen and oxygen atoms in total. The summed E-state index contributed by atoms with van der Waals surface area (Å²) in [6.07, 6.45) is 2.40. The van der Waals surface area contributed by atoms with Crippen LogP contribution >= 0.6 is 11.3 Å². The van der Waals surface area contributed by atoms with E-state index in [9.17, 15) is 18.0 Å². The van der Waals surface area contributed by atoms with E-state index in [1.165, 1.54) is 22.8 Å². The molecule has 0 saturated carbocycles. The van der Waals surface area contributed by atoms with E-state index in [1.54, 1.807) is 6.92 Å². The first kappa shape index (κ1) is 18.9. The first-order valence-electron chi connectivity index (χ1n) is 7.59. The molecule has 1 aliphatic rings. The molecular formula is C15H22N2O5S2. The van der Waals surface area contributed by atoms with Crippen molar-refractivity contribution < 1.29 is 22.7 Å². The summed E-state index contributed by atoms with van der Waals surface area (Å²) in [6.45, 7) is 4.28. The van der Waals surface area contributed by atoms with Crippen LogP contribution in [0.4, 0.5) is 5.00 Å². The molecule has 1 amide bonds. The van der Waals surface area contributed by atoms with Gasteiger partial charge in [0.25, 0.3) is 0 Å². The smallest absolute Gasteiger partial charge is 0.341 e. The number of amides is 1. The van der Waals surface area contributed by atoms with Gasteiger partial charge in [0.1, 0.15) is 5.00 Å². The Kier molecular flexibility index (Phi) is 5.67. The SMILES string of the molecule is COC(=O)c1c(NC(=O)C2CCCN(S(C)(=O)=O)C2)sc(C)c1C. The Bertz CT molecular complexity index is 754. The number of nitrogens with zero attached hydrogens (tertiary/aromatic N) is 1. The van der Waals surface area contributed by atoms with Crippen molar-refractivity contribution in [2.75, 3.05) is 31.8 Å². The van der Waals surface area contributed by atoms with Crippen LogP contribution in [0, 0.1) is 19.8 Å². The van der Waals surface area contributed by atoms with Gasteiger partial charge >= 0.3 is 5.97 Å². The third-order valence-electron chi connectivity index (χ3n) is 4.24. The number of methoxy groups -OCH3 is 1. The van der Waals surface area contributed by atoms with E-state index in [1.807, 2.05) is 6.92 Å². The van der Waals surface area contributed by atoms with Gasteiger partial charge in [-0.3, -0.25) is 4.79 Å². The van der Waals surface area contributed by atoms with Crippen molar-refractivity contribution in [1.29, 1.82) is 0 Å². The van der Waals surface area contributed by atoms with Crippen molar-refractivity contribution >= 4 is 38.2 Å². The third kappa shape index (κ3) is 3.96. The van der Waals surface area contributed by atoms with E-state index in [0.29, 0.717) is 30.0 Å². The molecule has 9 heteroatoms. The Hall–Kier alpha value is -1.45. The highest BCUT2D eigenvalue weighted by Gasteiger charge is 2.31. The maximum absolute atomic E-state index is 12.5. The molecule has 2 heterocycles. The van der Waals surface area contributed by atoms with E-state index >= 15 is 0 Å². The number of sulfonamides is 1. The minimum absolute atomic E-state index is 0.168. The molecule has 1 aliphatic heterocycles. The minimum Gasteiger partial charge on any atom is -0.465 e. The van der Waals surface area contributed by atoms with Crippen LogP contribution in [-0.4, -0.2) is 51.1 Å². The van der Waals surface area contributed by atoms with Crippen LogP contribution in [0.5, 0.6) is 0 Å². The van der Waals surface area contributed by atoms with Gasteiger partial charge in [0.05, 0.1) is 24.8 Å². The monoisotopic (exact) mass is 374 g/mol. The lowest BCUT2D eigenvalue weighted by molar-refractivity contribution is -0.120. The molecule has 1 aromatic heterocycles. The van der Waals surface area contributed by atoms with E-state index in [-0.39, 0.29) is 12.5 Å². The summed E-state index contributed by atoms with van der Waals surface area (Å²) in [6, 6.07) is 0.